The number of hydrogen-bond acceptors (Lipinski definition) is 2. The molecule has 0 saturated carbocycles. The second-order valence-corrected chi connectivity index (χ2v) is 4.24. The van der Waals surface area contributed by atoms with E-state index in [-0.39, 0.29) is 0 Å². The Labute approximate surface area is 110 Å². The van der Waals surface area contributed by atoms with Crippen molar-refractivity contribution in [1.29, 1.82) is 0 Å². The van der Waals surface area contributed by atoms with Gasteiger partial charge in [0.15, 0.2) is 0 Å². The number of benzene rings is 1. The summed E-state index contributed by atoms with van der Waals surface area (Å²) in [6.45, 7) is 0. The van der Waals surface area contributed by atoms with Gasteiger partial charge in [-0.05, 0) is 24.3 Å². The molecule has 0 bridgehead atoms. The molecule has 0 aliphatic carbocycles. The minimum absolute atomic E-state index is 0.457. The van der Waals surface area contributed by atoms with Crippen molar-refractivity contribution >= 4 is 35.0 Å². The molecule has 0 aliphatic heterocycles. The molecule has 0 aliphatic rings. The van der Waals surface area contributed by atoms with Crippen LogP contribution in [0.3, 0.4) is 0 Å². The van der Waals surface area contributed by atoms with E-state index in [0.717, 1.165) is 5.69 Å². The molecule has 0 fully saturated rings. The third kappa shape index (κ3) is 2.78. The molecule has 2 N–H and O–H groups in total. The quantitative estimate of drug-likeness (QED) is 0.895. The fraction of sp³-hybridized carbons (Fsp3) is 0. The maximum atomic E-state index is 6.08. The first-order chi connectivity index (χ1) is 8.18. The van der Waals surface area contributed by atoms with Crippen molar-refractivity contribution in [2.24, 2.45) is 5.73 Å². The molecule has 1 aromatic heterocycles. The standard InChI is InChI=1S/C13H10Cl2N2/c14-11-6-3-5-10(13(11)15)12(16)8-9-4-1-2-7-17-9/h1-8H,16H2/b12-8+. The number of hydrogen-bond donors (Lipinski definition) is 1. The second-order valence-electron chi connectivity index (χ2n) is 3.46. The highest BCUT2D eigenvalue weighted by molar-refractivity contribution is 6.43. The van der Waals surface area contributed by atoms with E-state index in [9.17, 15) is 0 Å². The van der Waals surface area contributed by atoms with E-state index in [1.165, 1.54) is 0 Å². The van der Waals surface area contributed by atoms with Crippen molar-refractivity contribution in [3.8, 4) is 0 Å². The summed E-state index contributed by atoms with van der Waals surface area (Å²) in [5.41, 5.74) is 8.00. The van der Waals surface area contributed by atoms with Crippen molar-refractivity contribution in [2.45, 2.75) is 0 Å². The van der Waals surface area contributed by atoms with Crippen molar-refractivity contribution in [1.82, 2.24) is 4.98 Å². The molecule has 2 rings (SSSR count). The predicted molar refractivity (Wildman–Crippen MR) is 72.8 cm³/mol. The molecular formula is C13H10Cl2N2. The van der Waals surface area contributed by atoms with E-state index < -0.39 is 0 Å². The van der Waals surface area contributed by atoms with E-state index in [1.807, 2.05) is 30.3 Å². The van der Waals surface area contributed by atoms with Gasteiger partial charge in [0.2, 0.25) is 0 Å². The Morgan fingerprint density at radius 1 is 1.12 bits per heavy atom. The summed E-state index contributed by atoms with van der Waals surface area (Å²) < 4.78 is 0. The lowest BCUT2D eigenvalue weighted by Crippen LogP contribution is -1.97. The Balaban J connectivity index is 2.41. The van der Waals surface area contributed by atoms with Crippen LogP contribution in [0.15, 0.2) is 42.6 Å². The van der Waals surface area contributed by atoms with Crippen LogP contribution in [0.25, 0.3) is 11.8 Å². The molecule has 86 valence electrons. The summed E-state index contributed by atoms with van der Waals surface area (Å²) in [6, 6.07) is 11.0. The predicted octanol–water partition coefficient (Wildman–Crippen LogP) is 3.85. The first-order valence-corrected chi connectivity index (χ1v) is 5.76. The number of halogens is 2. The smallest absolute Gasteiger partial charge is 0.0685 e. The van der Waals surface area contributed by atoms with Crippen LogP contribution in [0.5, 0.6) is 0 Å². The van der Waals surface area contributed by atoms with Crippen LogP contribution in [-0.2, 0) is 0 Å². The van der Waals surface area contributed by atoms with Crippen molar-refractivity contribution in [3.63, 3.8) is 0 Å². The average Bonchev–Trinajstić information content (AvgIpc) is 2.34. The Hall–Kier alpha value is -1.51. The molecule has 0 radical (unpaired) electrons. The van der Waals surface area contributed by atoms with Gasteiger partial charge >= 0.3 is 0 Å². The van der Waals surface area contributed by atoms with Gasteiger partial charge in [0.25, 0.3) is 0 Å². The summed E-state index contributed by atoms with van der Waals surface area (Å²) in [4.78, 5) is 4.16. The molecule has 1 aromatic carbocycles. The second kappa shape index (κ2) is 5.21. The summed E-state index contributed by atoms with van der Waals surface area (Å²) >= 11 is 12.0. The van der Waals surface area contributed by atoms with E-state index in [1.54, 1.807) is 18.3 Å². The van der Waals surface area contributed by atoms with Gasteiger partial charge < -0.3 is 5.73 Å². The molecule has 2 aromatic rings. The van der Waals surface area contributed by atoms with E-state index >= 15 is 0 Å². The Morgan fingerprint density at radius 3 is 2.65 bits per heavy atom. The molecule has 0 spiro atoms. The van der Waals surface area contributed by atoms with Crippen LogP contribution >= 0.6 is 23.2 Å². The summed E-state index contributed by atoms with van der Waals surface area (Å²) in [7, 11) is 0. The molecule has 4 heteroatoms. The van der Waals surface area contributed by atoms with Crippen LogP contribution < -0.4 is 5.73 Å². The monoisotopic (exact) mass is 264 g/mol. The number of pyridine rings is 1. The van der Waals surface area contributed by atoms with Crippen LogP contribution in [-0.4, -0.2) is 4.98 Å². The fourth-order valence-electron chi connectivity index (χ4n) is 1.43. The molecule has 0 saturated heterocycles. The maximum Gasteiger partial charge on any atom is 0.0685 e. The fourth-order valence-corrected chi connectivity index (χ4v) is 1.83. The zero-order valence-electron chi connectivity index (χ0n) is 8.90. The van der Waals surface area contributed by atoms with Crippen molar-refractivity contribution in [3.05, 3.63) is 63.9 Å². The molecule has 0 unspecified atom stereocenters. The van der Waals surface area contributed by atoms with Gasteiger partial charge in [-0.25, -0.2) is 0 Å². The topological polar surface area (TPSA) is 38.9 Å². The Kier molecular flexibility index (Phi) is 3.67. The zero-order chi connectivity index (χ0) is 12.3. The van der Waals surface area contributed by atoms with E-state index in [4.69, 9.17) is 28.9 Å². The van der Waals surface area contributed by atoms with Gasteiger partial charge in [0.05, 0.1) is 15.7 Å². The highest BCUT2D eigenvalue weighted by Crippen LogP contribution is 2.29. The SMILES string of the molecule is N/C(=C/c1ccccn1)c1cccc(Cl)c1Cl. The number of rotatable bonds is 2. The molecule has 0 atom stereocenters. The van der Waals surface area contributed by atoms with Gasteiger partial charge in [-0.15, -0.1) is 0 Å². The van der Waals surface area contributed by atoms with Gasteiger partial charge in [0, 0.05) is 17.5 Å². The Bertz CT molecular complexity index is 551. The maximum absolute atomic E-state index is 6.08. The van der Waals surface area contributed by atoms with Crippen molar-refractivity contribution < 1.29 is 0 Å². The van der Waals surface area contributed by atoms with Crippen LogP contribution in [0.1, 0.15) is 11.3 Å². The van der Waals surface area contributed by atoms with Crippen LogP contribution in [0.2, 0.25) is 10.0 Å². The lowest BCUT2D eigenvalue weighted by molar-refractivity contribution is 1.29. The minimum Gasteiger partial charge on any atom is -0.398 e. The highest BCUT2D eigenvalue weighted by Gasteiger charge is 2.06. The van der Waals surface area contributed by atoms with Crippen LogP contribution in [0, 0.1) is 0 Å². The normalized spacial score (nSPS) is 11.5. The number of nitrogens with two attached hydrogens (primary N) is 1. The zero-order valence-corrected chi connectivity index (χ0v) is 10.4. The summed E-state index contributed by atoms with van der Waals surface area (Å²) in [6.07, 6.45) is 3.47. The number of aromatic nitrogens is 1. The average molecular weight is 265 g/mol. The van der Waals surface area contributed by atoms with Gasteiger partial charge in [-0.1, -0.05) is 41.4 Å². The van der Waals surface area contributed by atoms with Gasteiger partial charge in [-0.2, -0.15) is 0 Å². The highest BCUT2D eigenvalue weighted by atomic mass is 35.5. The summed E-state index contributed by atoms with van der Waals surface area (Å²) in [5.74, 6) is 0. The molecule has 0 amide bonds. The minimum atomic E-state index is 0.457. The molecular weight excluding hydrogens is 255 g/mol. The van der Waals surface area contributed by atoms with E-state index in [2.05, 4.69) is 4.98 Å². The third-order valence-corrected chi connectivity index (χ3v) is 3.07. The lowest BCUT2D eigenvalue weighted by Gasteiger charge is -2.05. The Morgan fingerprint density at radius 2 is 1.94 bits per heavy atom. The first-order valence-electron chi connectivity index (χ1n) is 5.01. The van der Waals surface area contributed by atoms with Gasteiger partial charge in [-0.3, -0.25) is 4.98 Å². The van der Waals surface area contributed by atoms with Crippen molar-refractivity contribution in [2.75, 3.05) is 0 Å². The molecule has 2 nitrogen and oxygen atoms in total. The first kappa shape index (κ1) is 12.0. The number of nitrogens with zero attached hydrogens (tertiary/aromatic N) is 1. The summed E-state index contributed by atoms with van der Waals surface area (Å²) in [5, 5.41) is 0.945. The lowest BCUT2D eigenvalue weighted by atomic mass is 10.1. The van der Waals surface area contributed by atoms with E-state index in [0.29, 0.717) is 21.3 Å². The van der Waals surface area contributed by atoms with Crippen LogP contribution in [0.4, 0.5) is 0 Å². The largest absolute Gasteiger partial charge is 0.398 e. The molecule has 17 heavy (non-hydrogen) atoms. The third-order valence-electron chi connectivity index (χ3n) is 2.25. The molecule has 1 heterocycles. The van der Waals surface area contributed by atoms with Gasteiger partial charge in [0.1, 0.15) is 0 Å².